The predicted molar refractivity (Wildman–Crippen MR) is 88.7 cm³/mol. The second-order valence-corrected chi connectivity index (χ2v) is 6.78. The van der Waals surface area contributed by atoms with Gasteiger partial charge in [0.25, 0.3) is 0 Å². The van der Waals surface area contributed by atoms with Crippen LogP contribution in [0.2, 0.25) is 0 Å². The van der Waals surface area contributed by atoms with Gasteiger partial charge in [0.1, 0.15) is 6.04 Å². The van der Waals surface area contributed by atoms with Crippen LogP contribution in [-0.2, 0) is 4.79 Å². The van der Waals surface area contributed by atoms with E-state index >= 15 is 0 Å². The molecule has 0 radical (unpaired) electrons. The molecule has 0 aliphatic heterocycles. The zero-order valence-corrected chi connectivity index (χ0v) is 13.9. The Morgan fingerprint density at radius 3 is 2.59 bits per heavy atom. The molecule has 0 saturated heterocycles. The Bertz CT molecular complexity index is 508. The van der Waals surface area contributed by atoms with Crippen LogP contribution >= 0.6 is 0 Å². The van der Waals surface area contributed by atoms with Gasteiger partial charge in [0.05, 0.1) is 5.60 Å². The minimum Gasteiger partial charge on any atom is -0.388 e. The first kappa shape index (κ1) is 17.0. The van der Waals surface area contributed by atoms with Gasteiger partial charge in [-0.25, -0.2) is 0 Å². The summed E-state index contributed by atoms with van der Waals surface area (Å²) in [5.41, 5.74) is 1.40. The third-order valence-corrected chi connectivity index (χ3v) is 4.50. The molecule has 4 nitrogen and oxygen atoms in total. The van der Waals surface area contributed by atoms with E-state index in [9.17, 15) is 9.90 Å². The number of amides is 1. The van der Waals surface area contributed by atoms with Crippen LogP contribution in [-0.4, -0.2) is 42.2 Å². The van der Waals surface area contributed by atoms with Gasteiger partial charge in [0.2, 0.25) is 5.91 Å². The van der Waals surface area contributed by atoms with Gasteiger partial charge in [-0.1, -0.05) is 49.1 Å². The van der Waals surface area contributed by atoms with Gasteiger partial charge in [-0.15, -0.1) is 0 Å². The number of hydrogen-bond donors (Lipinski definition) is 2. The van der Waals surface area contributed by atoms with E-state index in [1.54, 1.807) is 0 Å². The van der Waals surface area contributed by atoms with Crippen molar-refractivity contribution in [3.63, 3.8) is 0 Å². The molecule has 1 aromatic carbocycles. The van der Waals surface area contributed by atoms with E-state index in [2.05, 4.69) is 5.32 Å². The Morgan fingerprint density at radius 2 is 2.00 bits per heavy atom. The Kier molecular flexibility index (Phi) is 5.59. The number of rotatable bonds is 5. The van der Waals surface area contributed by atoms with E-state index in [1.807, 2.05) is 50.2 Å². The summed E-state index contributed by atoms with van der Waals surface area (Å²) in [5, 5.41) is 13.5. The monoisotopic (exact) mass is 304 g/mol. The summed E-state index contributed by atoms with van der Waals surface area (Å²) < 4.78 is 0. The summed E-state index contributed by atoms with van der Waals surface area (Å²) in [6.07, 6.45) is 4.83. The van der Waals surface area contributed by atoms with Crippen LogP contribution < -0.4 is 5.32 Å². The summed E-state index contributed by atoms with van der Waals surface area (Å²) >= 11 is 0. The van der Waals surface area contributed by atoms with Crippen LogP contribution in [0.15, 0.2) is 24.3 Å². The summed E-state index contributed by atoms with van der Waals surface area (Å²) in [7, 11) is 3.81. The van der Waals surface area contributed by atoms with Crippen LogP contribution in [0.25, 0.3) is 0 Å². The molecule has 4 heteroatoms. The first-order chi connectivity index (χ1) is 10.4. The van der Waals surface area contributed by atoms with Crippen molar-refractivity contribution in [1.82, 2.24) is 10.2 Å². The van der Waals surface area contributed by atoms with Gasteiger partial charge < -0.3 is 10.4 Å². The number of carbonyl (C=O) groups is 1. The minimum atomic E-state index is -0.725. The number of likely N-dealkylation sites (N-methyl/N-ethyl adjacent to an activating group) is 1. The third-order valence-electron chi connectivity index (χ3n) is 4.50. The average molecular weight is 304 g/mol. The standard InChI is InChI=1S/C18H28N2O2/c1-14-8-7-9-15(12-14)16(20(2)3)17(21)19-13-18(22)10-5-4-6-11-18/h7-9,12,16,22H,4-6,10-11,13H2,1-3H3,(H,19,21)/t16-/m1/s1. The van der Waals surface area contributed by atoms with Crippen molar-refractivity contribution < 1.29 is 9.90 Å². The van der Waals surface area contributed by atoms with E-state index in [0.29, 0.717) is 6.54 Å². The number of nitrogens with one attached hydrogen (secondary N) is 1. The summed E-state index contributed by atoms with van der Waals surface area (Å²) in [5.74, 6) is -0.0467. The fourth-order valence-electron chi connectivity index (χ4n) is 3.26. The van der Waals surface area contributed by atoms with Gasteiger partial charge in [0.15, 0.2) is 0 Å². The molecule has 1 amide bonds. The lowest BCUT2D eigenvalue weighted by atomic mass is 9.85. The second-order valence-electron chi connectivity index (χ2n) is 6.78. The molecule has 2 N–H and O–H groups in total. The average Bonchev–Trinajstić information content (AvgIpc) is 2.46. The van der Waals surface area contributed by atoms with Crippen molar-refractivity contribution >= 4 is 5.91 Å². The highest BCUT2D eigenvalue weighted by atomic mass is 16.3. The van der Waals surface area contributed by atoms with Gasteiger partial charge in [-0.3, -0.25) is 9.69 Å². The quantitative estimate of drug-likeness (QED) is 0.878. The molecule has 1 aliphatic rings. The zero-order chi connectivity index (χ0) is 16.2. The number of carbonyl (C=O) groups excluding carboxylic acids is 1. The normalized spacial score (nSPS) is 19.0. The van der Waals surface area contributed by atoms with E-state index < -0.39 is 5.60 Å². The van der Waals surface area contributed by atoms with Crippen molar-refractivity contribution in [1.29, 1.82) is 0 Å². The molecule has 0 spiro atoms. The number of aliphatic hydroxyl groups is 1. The molecule has 122 valence electrons. The Hall–Kier alpha value is -1.39. The molecule has 1 atom stereocenters. The van der Waals surface area contributed by atoms with Crippen LogP contribution in [0.5, 0.6) is 0 Å². The lowest BCUT2D eigenvalue weighted by Crippen LogP contribution is -2.47. The molecule has 2 rings (SSSR count). The lowest BCUT2D eigenvalue weighted by molar-refractivity contribution is -0.127. The summed E-state index contributed by atoms with van der Waals surface area (Å²) in [6.45, 7) is 2.38. The van der Waals surface area contributed by atoms with Gasteiger partial charge in [-0.05, 0) is 39.4 Å². The molecule has 0 heterocycles. The fourth-order valence-corrected chi connectivity index (χ4v) is 3.26. The highest BCUT2D eigenvalue weighted by Gasteiger charge is 2.31. The van der Waals surface area contributed by atoms with Crippen LogP contribution in [0.4, 0.5) is 0 Å². The molecule has 22 heavy (non-hydrogen) atoms. The minimum absolute atomic E-state index is 0.0467. The van der Waals surface area contributed by atoms with Crippen molar-refractivity contribution in [2.24, 2.45) is 0 Å². The first-order valence-corrected chi connectivity index (χ1v) is 8.14. The molecule has 1 aliphatic carbocycles. The second kappa shape index (κ2) is 7.25. The molecule has 0 aromatic heterocycles. The van der Waals surface area contributed by atoms with Crippen molar-refractivity contribution in [2.75, 3.05) is 20.6 Å². The molecular weight excluding hydrogens is 276 g/mol. The fraction of sp³-hybridized carbons (Fsp3) is 0.611. The third kappa shape index (κ3) is 4.31. The topological polar surface area (TPSA) is 52.6 Å². The zero-order valence-electron chi connectivity index (χ0n) is 13.9. The smallest absolute Gasteiger partial charge is 0.242 e. The maximum atomic E-state index is 12.6. The van der Waals surface area contributed by atoms with Gasteiger partial charge in [-0.2, -0.15) is 0 Å². The Labute approximate surface area is 133 Å². The predicted octanol–water partition coefficient (Wildman–Crippen LogP) is 2.41. The molecular formula is C18H28N2O2. The molecule has 1 aromatic rings. The summed E-state index contributed by atoms with van der Waals surface area (Å²) in [4.78, 5) is 14.5. The highest BCUT2D eigenvalue weighted by molar-refractivity contribution is 5.83. The molecule has 0 unspecified atom stereocenters. The molecule has 0 bridgehead atoms. The maximum Gasteiger partial charge on any atom is 0.242 e. The molecule has 1 fully saturated rings. The number of nitrogens with zero attached hydrogens (tertiary/aromatic N) is 1. The van der Waals surface area contributed by atoms with Crippen molar-refractivity contribution in [3.8, 4) is 0 Å². The Morgan fingerprint density at radius 1 is 1.32 bits per heavy atom. The first-order valence-electron chi connectivity index (χ1n) is 8.14. The lowest BCUT2D eigenvalue weighted by Gasteiger charge is -2.33. The van der Waals surface area contributed by atoms with Crippen molar-refractivity contribution in [2.45, 2.75) is 50.7 Å². The number of aryl methyl sites for hydroxylation is 1. The Balaban J connectivity index is 2.04. The largest absolute Gasteiger partial charge is 0.388 e. The van der Waals surface area contributed by atoms with E-state index in [0.717, 1.165) is 36.8 Å². The van der Waals surface area contributed by atoms with Gasteiger partial charge >= 0.3 is 0 Å². The van der Waals surface area contributed by atoms with Crippen LogP contribution in [0.3, 0.4) is 0 Å². The SMILES string of the molecule is Cc1cccc([C@H](C(=O)NCC2(O)CCCCC2)N(C)C)c1. The van der Waals surface area contributed by atoms with Crippen LogP contribution in [0.1, 0.15) is 49.3 Å². The van der Waals surface area contributed by atoms with E-state index in [1.165, 1.54) is 6.42 Å². The van der Waals surface area contributed by atoms with E-state index in [4.69, 9.17) is 0 Å². The van der Waals surface area contributed by atoms with Gasteiger partial charge in [0, 0.05) is 6.54 Å². The highest BCUT2D eigenvalue weighted by Crippen LogP contribution is 2.27. The van der Waals surface area contributed by atoms with Crippen LogP contribution in [0, 0.1) is 6.92 Å². The number of hydrogen-bond acceptors (Lipinski definition) is 3. The summed E-state index contributed by atoms with van der Waals surface area (Å²) in [6, 6.07) is 7.70. The van der Waals surface area contributed by atoms with Crippen molar-refractivity contribution in [3.05, 3.63) is 35.4 Å². The maximum absolute atomic E-state index is 12.6. The number of benzene rings is 1. The molecule has 1 saturated carbocycles. The van der Waals surface area contributed by atoms with E-state index in [-0.39, 0.29) is 11.9 Å².